The van der Waals surface area contributed by atoms with Gasteiger partial charge in [-0.15, -0.1) is 0 Å². The molecule has 0 saturated carbocycles. The zero-order chi connectivity index (χ0) is 18.0. The van der Waals surface area contributed by atoms with Crippen molar-refractivity contribution in [1.82, 2.24) is 4.98 Å². The largest absolute Gasteiger partial charge is 0.468 e. The molecule has 0 aliphatic rings. The Hall–Kier alpha value is -2.90. The first kappa shape index (κ1) is 16.9. The van der Waals surface area contributed by atoms with Crippen molar-refractivity contribution in [2.75, 3.05) is 7.11 Å². The average Bonchev–Trinajstić information content (AvgIpc) is 2.66. The van der Waals surface area contributed by atoms with Crippen molar-refractivity contribution >= 4 is 28.5 Å². The molecule has 25 heavy (non-hydrogen) atoms. The summed E-state index contributed by atoms with van der Waals surface area (Å²) in [6.07, 6.45) is 0. The summed E-state index contributed by atoms with van der Waals surface area (Å²) in [6, 6.07) is 18.7. The van der Waals surface area contributed by atoms with E-state index in [-0.39, 0.29) is 0 Å². The van der Waals surface area contributed by atoms with Gasteiger partial charge in [0, 0.05) is 16.0 Å². The summed E-state index contributed by atoms with van der Waals surface area (Å²) >= 11 is 5.92. The number of halogens is 1. The predicted octanol–water partition coefficient (Wildman–Crippen LogP) is 4.51. The Bertz CT molecular complexity index is 993. The van der Waals surface area contributed by atoms with Crippen LogP contribution in [0.25, 0.3) is 22.2 Å². The molecular formula is C20H15ClN2O2. The minimum atomic E-state index is -1.35. The number of methoxy groups -OCH3 is 1. The molecule has 0 N–H and O–H groups in total. The number of nitriles is 1. The number of hydrogen-bond acceptors (Lipinski definition) is 4. The van der Waals surface area contributed by atoms with Crippen molar-refractivity contribution in [3.8, 4) is 17.3 Å². The van der Waals surface area contributed by atoms with E-state index in [0.29, 0.717) is 10.6 Å². The Kier molecular flexibility index (Phi) is 4.43. The highest BCUT2D eigenvalue weighted by Crippen LogP contribution is 2.29. The summed E-state index contributed by atoms with van der Waals surface area (Å²) in [7, 11) is 1.28. The SMILES string of the molecule is COC(=O)C(C)(C#N)c1ccc2nc(-c3ccc(Cl)cc3)ccc2c1. The van der Waals surface area contributed by atoms with Gasteiger partial charge >= 0.3 is 5.97 Å². The minimum absolute atomic E-state index is 0.579. The summed E-state index contributed by atoms with van der Waals surface area (Å²) in [4.78, 5) is 16.6. The van der Waals surface area contributed by atoms with Crippen molar-refractivity contribution in [3.05, 3.63) is 65.2 Å². The van der Waals surface area contributed by atoms with Crippen LogP contribution in [-0.4, -0.2) is 18.1 Å². The van der Waals surface area contributed by atoms with E-state index in [0.717, 1.165) is 22.2 Å². The van der Waals surface area contributed by atoms with E-state index in [1.54, 1.807) is 19.1 Å². The second-order valence-electron chi connectivity index (χ2n) is 5.84. The van der Waals surface area contributed by atoms with Crippen LogP contribution in [0.4, 0.5) is 0 Å². The maximum atomic E-state index is 12.0. The average molecular weight is 351 g/mol. The van der Waals surface area contributed by atoms with Crippen LogP contribution in [0.5, 0.6) is 0 Å². The predicted molar refractivity (Wildman–Crippen MR) is 97.2 cm³/mol. The maximum absolute atomic E-state index is 12.0. The molecule has 0 radical (unpaired) electrons. The molecule has 0 bridgehead atoms. The Balaban J connectivity index is 2.06. The molecule has 0 amide bonds. The van der Waals surface area contributed by atoms with E-state index in [1.807, 2.05) is 48.5 Å². The summed E-state index contributed by atoms with van der Waals surface area (Å²) < 4.78 is 4.77. The third kappa shape index (κ3) is 3.07. The molecule has 0 aliphatic carbocycles. The van der Waals surface area contributed by atoms with E-state index in [2.05, 4.69) is 4.98 Å². The van der Waals surface area contributed by atoms with Gasteiger partial charge in [0.25, 0.3) is 0 Å². The zero-order valence-corrected chi connectivity index (χ0v) is 14.5. The lowest BCUT2D eigenvalue weighted by atomic mass is 9.83. The Labute approximate surface area is 150 Å². The first-order chi connectivity index (χ1) is 12.0. The van der Waals surface area contributed by atoms with Gasteiger partial charge in [-0.1, -0.05) is 35.9 Å². The summed E-state index contributed by atoms with van der Waals surface area (Å²) in [6.45, 7) is 1.55. The minimum Gasteiger partial charge on any atom is -0.468 e. The smallest absolute Gasteiger partial charge is 0.330 e. The molecule has 3 aromatic rings. The highest BCUT2D eigenvalue weighted by atomic mass is 35.5. The van der Waals surface area contributed by atoms with E-state index in [1.165, 1.54) is 7.11 Å². The van der Waals surface area contributed by atoms with E-state index in [4.69, 9.17) is 16.3 Å². The molecule has 4 nitrogen and oxygen atoms in total. The normalized spacial score (nSPS) is 13.0. The number of fused-ring (bicyclic) bond motifs is 1. The molecule has 1 heterocycles. The van der Waals surface area contributed by atoms with E-state index >= 15 is 0 Å². The van der Waals surface area contributed by atoms with Gasteiger partial charge in [-0.3, -0.25) is 0 Å². The van der Waals surface area contributed by atoms with Gasteiger partial charge in [0.05, 0.1) is 24.4 Å². The van der Waals surface area contributed by atoms with Gasteiger partial charge < -0.3 is 4.74 Å². The van der Waals surface area contributed by atoms with Gasteiger partial charge in [-0.2, -0.15) is 5.26 Å². The van der Waals surface area contributed by atoms with Crippen LogP contribution in [0.1, 0.15) is 12.5 Å². The van der Waals surface area contributed by atoms with Gasteiger partial charge in [-0.25, -0.2) is 9.78 Å². The number of benzene rings is 2. The molecule has 1 aromatic heterocycles. The first-order valence-electron chi connectivity index (χ1n) is 7.65. The maximum Gasteiger partial charge on any atom is 0.330 e. The Morgan fingerprint density at radius 3 is 2.52 bits per heavy atom. The number of rotatable bonds is 3. The molecule has 3 rings (SSSR count). The van der Waals surface area contributed by atoms with Crippen molar-refractivity contribution < 1.29 is 9.53 Å². The number of pyridine rings is 1. The molecule has 1 unspecified atom stereocenters. The summed E-state index contributed by atoms with van der Waals surface area (Å²) in [5, 5.41) is 11.0. The third-order valence-electron chi connectivity index (χ3n) is 4.22. The van der Waals surface area contributed by atoms with Crippen LogP contribution < -0.4 is 0 Å². The Morgan fingerprint density at radius 1 is 1.16 bits per heavy atom. The molecule has 1 atom stereocenters. The number of ether oxygens (including phenoxy) is 1. The lowest BCUT2D eigenvalue weighted by molar-refractivity contribution is -0.144. The van der Waals surface area contributed by atoms with Gasteiger partial charge in [-0.05, 0) is 42.8 Å². The number of nitrogens with zero attached hydrogens (tertiary/aromatic N) is 2. The van der Waals surface area contributed by atoms with Crippen molar-refractivity contribution in [3.63, 3.8) is 0 Å². The van der Waals surface area contributed by atoms with Gasteiger partial charge in [0.2, 0.25) is 0 Å². The van der Waals surface area contributed by atoms with E-state index < -0.39 is 11.4 Å². The topological polar surface area (TPSA) is 63.0 Å². The van der Waals surface area contributed by atoms with Gasteiger partial charge in [0.1, 0.15) is 0 Å². The summed E-state index contributed by atoms with van der Waals surface area (Å²) in [5.41, 5.74) is 1.80. The number of carbonyl (C=O) groups is 1. The zero-order valence-electron chi connectivity index (χ0n) is 13.8. The molecule has 124 valence electrons. The highest BCUT2D eigenvalue weighted by Gasteiger charge is 2.36. The molecule has 0 fully saturated rings. The second-order valence-corrected chi connectivity index (χ2v) is 6.28. The Morgan fingerprint density at radius 2 is 1.88 bits per heavy atom. The summed E-state index contributed by atoms with van der Waals surface area (Å²) in [5.74, 6) is -0.583. The van der Waals surface area contributed by atoms with Crippen LogP contribution in [0.15, 0.2) is 54.6 Å². The fourth-order valence-corrected chi connectivity index (χ4v) is 2.78. The van der Waals surface area contributed by atoms with Crippen LogP contribution in [0.2, 0.25) is 5.02 Å². The molecule has 2 aromatic carbocycles. The van der Waals surface area contributed by atoms with Crippen molar-refractivity contribution in [2.24, 2.45) is 0 Å². The molecular weight excluding hydrogens is 336 g/mol. The van der Waals surface area contributed by atoms with Crippen LogP contribution in [-0.2, 0) is 14.9 Å². The van der Waals surface area contributed by atoms with Crippen LogP contribution in [0, 0.1) is 11.3 Å². The van der Waals surface area contributed by atoms with Crippen LogP contribution in [0.3, 0.4) is 0 Å². The monoisotopic (exact) mass is 350 g/mol. The number of hydrogen-bond donors (Lipinski definition) is 0. The lowest BCUT2D eigenvalue weighted by Gasteiger charge is -2.19. The van der Waals surface area contributed by atoms with Gasteiger partial charge in [0.15, 0.2) is 5.41 Å². The molecule has 5 heteroatoms. The molecule has 0 spiro atoms. The second kappa shape index (κ2) is 6.54. The first-order valence-corrected chi connectivity index (χ1v) is 8.02. The fraction of sp³-hybridized carbons (Fsp3) is 0.150. The van der Waals surface area contributed by atoms with Crippen molar-refractivity contribution in [1.29, 1.82) is 5.26 Å². The number of aromatic nitrogens is 1. The quantitative estimate of drug-likeness (QED) is 0.652. The van der Waals surface area contributed by atoms with Crippen LogP contribution >= 0.6 is 11.6 Å². The molecule has 0 saturated heterocycles. The number of carbonyl (C=O) groups excluding carboxylic acids is 1. The highest BCUT2D eigenvalue weighted by molar-refractivity contribution is 6.30. The third-order valence-corrected chi connectivity index (χ3v) is 4.48. The van der Waals surface area contributed by atoms with Crippen molar-refractivity contribution in [2.45, 2.75) is 12.3 Å². The van der Waals surface area contributed by atoms with E-state index in [9.17, 15) is 10.1 Å². The lowest BCUT2D eigenvalue weighted by Crippen LogP contribution is -2.32. The molecule has 0 aliphatic heterocycles. The standard InChI is InChI=1S/C20H15ClN2O2/c1-20(12-22,19(24)25-2)15-6-10-18-14(11-15)5-9-17(23-18)13-3-7-16(21)8-4-13/h3-11H,1-2H3. The fourth-order valence-electron chi connectivity index (χ4n) is 2.65. The number of esters is 1.